The molecule has 0 radical (unpaired) electrons. The number of halogens is 1. The molecule has 0 aromatic carbocycles. The Balaban J connectivity index is 0.000000197. The van der Waals surface area contributed by atoms with Crippen molar-refractivity contribution in [2.75, 3.05) is 199 Å². The van der Waals surface area contributed by atoms with Crippen LogP contribution < -0.4 is 56.2 Å². The van der Waals surface area contributed by atoms with Crippen molar-refractivity contribution < 1.29 is 90.7 Å². The molecule has 0 saturated carbocycles. The van der Waals surface area contributed by atoms with E-state index in [9.17, 15) is 73.3 Å². The monoisotopic (exact) mass is 1810 g/mol. The van der Waals surface area contributed by atoms with E-state index < -0.39 is 24.1 Å². The topological polar surface area (TPSA) is 566 Å². The van der Waals surface area contributed by atoms with E-state index in [1.165, 1.54) is 91.8 Å². The lowest BCUT2D eigenvalue weighted by molar-refractivity contribution is -0.144. The molecule has 0 aliphatic carbocycles. The quantitative estimate of drug-likeness (QED) is 0.0212. The van der Waals surface area contributed by atoms with Gasteiger partial charge in [-0.3, -0.25) is 79.2 Å². The summed E-state index contributed by atoms with van der Waals surface area (Å²) in [7, 11) is 9.06. The molecule has 4 aliphatic rings. The summed E-state index contributed by atoms with van der Waals surface area (Å²) in [5.41, 5.74) is 4.99. The third-order valence-corrected chi connectivity index (χ3v) is 19.7. The minimum atomic E-state index is -0.569. The molecule has 0 unspecified atom stereocenters. The van der Waals surface area contributed by atoms with Gasteiger partial charge in [0.05, 0.1) is 78.9 Å². The van der Waals surface area contributed by atoms with Crippen molar-refractivity contribution in [2.24, 2.45) is 0 Å². The summed E-state index contributed by atoms with van der Waals surface area (Å²) in [6.07, 6.45) is 7.64. The molecule has 46 heteroatoms. The van der Waals surface area contributed by atoms with Gasteiger partial charge < -0.3 is 63.4 Å². The SMILES string of the molecule is CC(C)Nc1cc(NC(=O)N(C)c2ccc(CN3CCOCC3=O)c(C=O)n2)ncc1C#N.CN(C(=O)Nc1cc(Cl)c(C#N)cn1)c1ccc(CN2CCOCC2=O)c(C=O)n1.COCCNc1cc(NC(=O)N(C)c2ccc(CN3CCOCC3=O)c(C=O)n2)ncc1C#N.COCCOc1cc(NC(=O)N(C)c2ccc(CN3CCOCC3=O)c(C=O)n2)ncc1C#N. The van der Waals surface area contributed by atoms with E-state index in [1.54, 1.807) is 87.4 Å². The summed E-state index contributed by atoms with van der Waals surface area (Å²) in [5.74, 6) is 1.39. The second-order valence-corrected chi connectivity index (χ2v) is 29.0. The van der Waals surface area contributed by atoms with Crippen LogP contribution in [-0.2, 0) is 73.8 Å². The Hall–Kier alpha value is -15.8. The van der Waals surface area contributed by atoms with Crippen LogP contribution in [0.4, 0.5) is 77.1 Å². The van der Waals surface area contributed by atoms with E-state index in [0.717, 1.165) is 0 Å². The molecule has 12 heterocycles. The molecule has 0 atom stereocenters. The number of morpholine rings is 4. The summed E-state index contributed by atoms with van der Waals surface area (Å²) in [5, 5.41) is 53.4. The third kappa shape index (κ3) is 28.1. The minimum absolute atomic E-state index is 0.00730. The van der Waals surface area contributed by atoms with Gasteiger partial charge in [-0.25, -0.2) is 59.0 Å². The Bertz CT molecular complexity index is 5540. The number of nitrogens with zero attached hydrogens (tertiary/aromatic N) is 20. The van der Waals surface area contributed by atoms with Crippen molar-refractivity contribution in [3.63, 3.8) is 0 Å². The summed E-state index contributed by atoms with van der Waals surface area (Å²) in [6, 6.07) is 24.8. The minimum Gasteiger partial charge on any atom is -0.490 e. The molecule has 12 rings (SSSR count). The molecule has 682 valence electrons. The van der Waals surface area contributed by atoms with Crippen LogP contribution in [0.2, 0.25) is 5.02 Å². The number of amides is 12. The molecule has 4 aliphatic heterocycles. The normalized spacial score (nSPS) is 13.3. The van der Waals surface area contributed by atoms with E-state index in [-0.39, 0.29) is 180 Å². The Morgan fingerprint density at radius 3 is 1.05 bits per heavy atom. The zero-order chi connectivity index (χ0) is 94.6. The van der Waals surface area contributed by atoms with Gasteiger partial charge in [-0.1, -0.05) is 35.9 Å². The van der Waals surface area contributed by atoms with Gasteiger partial charge in [0.15, 0.2) is 25.1 Å². The highest BCUT2D eigenvalue weighted by Gasteiger charge is 2.28. The number of ether oxygens (including phenoxy) is 7. The number of hydrogen-bond donors (Lipinski definition) is 6. The van der Waals surface area contributed by atoms with Crippen molar-refractivity contribution in [3.8, 4) is 30.0 Å². The smallest absolute Gasteiger partial charge is 0.328 e. The van der Waals surface area contributed by atoms with Crippen LogP contribution in [-0.4, -0.2) is 286 Å². The summed E-state index contributed by atoms with van der Waals surface area (Å²) in [6.45, 7) is 9.77. The number of hydrogen-bond acceptors (Lipinski definition) is 33. The summed E-state index contributed by atoms with van der Waals surface area (Å²) in [4.78, 5) is 189. The predicted molar refractivity (Wildman–Crippen MR) is 470 cm³/mol. The second-order valence-electron chi connectivity index (χ2n) is 28.6. The van der Waals surface area contributed by atoms with Crippen LogP contribution in [0.5, 0.6) is 5.75 Å². The Morgan fingerprint density at radius 2 is 0.748 bits per heavy atom. The first kappa shape index (κ1) is 99.0. The van der Waals surface area contributed by atoms with Gasteiger partial charge in [-0.15, -0.1) is 0 Å². The number of nitriles is 4. The molecule has 0 spiro atoms. The third-order valence-electron chi connectivity index (χ3n) is 19.4. The highest BCUT2D eigenvalue weighted by molar-refractivity contribution is 6.32. The maximum Gasteiger partial charge on any atom is 0.328 e. The largest absolute Gasteiger partial charge is 0.490 e. The molecule has 0 bridgehead atoms. The van der Waals surface area contributed by atoms with Crippen LogP contribution in [0.3, 0.4) is 0 Å². The number of aldehydes is 4. The number of pyridine rings is 8. The molecule has 45 nitrogen and oxygen atoms in total. The fourth-order valence-electron chi connectivity index (χ4n) is 12.2. The Kier molecular flexibility index (Phi) is 37.3. The molecule has 8 aromatic rings. The molecule has 131 heavy (non-hydrogen) atoms. The lowest BCUT2D eigenvalue weighted by Crippen LogP contribution is -2.41. The molecule has 12 amide bonds. The first-order valence-electron chi connectivity index (χ1n) is 40.0. The van der Waals surface area contributed by atoms with Crippen molar-refractivity contribution in [1.29, 1.82) is 21.0 Å². The Labute approximate surface area is 755 Å². The first-order valence-corrected chi connectivity index (χ1v) is 40.3. The highest BCUT2D eigenvalue weighted by Crippen LogP contribution is 2.28. The van der Waals surface area contributed by atoms with Crippen molar-refractivity contribution in [3.05, 3.63) is 170 Å². The van der Waals surface area contributed by atoms with E-state index in [0.29, 0.717) is 142 Å². The predicted octanol–water partition coefficient (Wildman–Crippen LogP) is 6.31. The second kappa shape index (κ2) is 49.4. The van der Waals surface area contributed by atoms with Crippen LogP contribution in [0.1, 0.15) is 100 Å². The number of aromatic nitrogens is 8. The molecule has 4 fully saturated rings. The fourth-order valence-corrected chi connectivity index (χ4v) is 12.4. The zero-order valence-electron chi connectivity index (χ0n) is 72.3. The van der Waals surface area contributed by atoms with Crippen molar-refractivity contribution in [1.82, 2.24) is 59.5 Å². The van der Waals surface area contributed by atoms with Crippen LogP contribution in [0.15, 0.2) is 97.6 Å². The summed E-state index contributed by atoms with van der Waals surface area (Å²) >= 11 is 5.94. The van der Waals surface area contributed by atoms with Gasteiger partial charge in [0, 0.05) is 172 Å². The zero-order valence-corrected chi connectivity index (χ0v) is 73.1. The van der Waals surface area contributed by atoms with Crippen LogP contribution >= 0.6 is 11.6 Å². The number of anilines is 10. The molecular formula is C85H91ClN26O19. The number of carbonyl (C=O) groups excluding carboxylic acids is 12. The number of rotatable bonds is 30. The van der Waals surface area contributed by atoms with Gasteiger partial charge >= 0.3 is 24.1 Å². The number of urea groups is 4. The van der Waals surface area contributed by atoms with Crippen LogP contribution in [0.25, 0.3) is 0 Å². The molecule has 6 N–H and O–H groups in total. The lowest BCUT2D eigenvalue weighted by atomic mass is 10.1. The maximum atomic E-state index is 12.8. The Morgan fingerprint density at radius 1 is 0.443 bits per heavy atom. The van der Waals surface area contributed by atoms with E-state index in [1.807, 2.05) is 32.1 Å². The van der Waals surface area contributed by atoms with E-state index >= 15 is 0 Å². The van der Waals surface area contributed by atoms with E-state index in [4.69, 9.17) is 50.0 Å². The highest BCUT2D eigenvalue weighted by atomic mass is 35.5. The maximum absolute atomic E-state index is 12.8. The fraction of sp³-hybridized carbons (Fsp3) is 0.341. The molecule has 8 aromatic heterocycles. The van der Waals surface area contributed by atoms with Gasteiger partial charge in [-0.05, 0) is 38.1 Å². The average Bonchev–Trinajstić information content (AvgIpc) is 0.831. The van der Waals surface area contributed by atoms with Crippen molar-refractivity contribution in [2.45, 2.75) is 46.1 Å². The average molecular weight is 1820 g/mol. The van der Waals surface area contributed by atoms with Crippen molar-refractivity contribution >= 4 is 142 Å². The summed E-state index contributed by atoms with van der Waals surface area (Å²) < 4.78 is 35.9. The molecular weight excluding hydrogens is 1720 g/mol. The lowest BCUT2D eigenvalue weighted by Gasteiger charge is -2.27. The number of methoxy groups -OCH3 is 2. The number of carbonyl (C=O) groups is 12. The van der Waals surface area contributed by atoms with Gasteiger partial charge in [0.2, 0.25) is 23.6 Å². The van der Waals surface area contributed by atoms with Crippen LogP contribution in [0, 0.1) is 45.3 Å². The van der Waals surface area contributed by atoms with E-state index in [2.05, 4.69) is 77.8 Å². The van der Waals surface area contributed by atoms with Gasteiger partial charge in [0.1, 0.15) is 138 Å². The standard InChI is InChI=1S/C22H25N7O5.C22H25N7O4.C22H24N6O6.C19H17ClN6O4/c1-28(22(32)27-19-9-17(24-5-7-33-2)16(10-23)11-25-19)20-4-3-15(18(13-30)26-20)12-29-6-8-34-14-21(29)31;1-14(2)25-17-8-19(24-10-16(17)9-23)27-22(32)28(3)20-5-4-15(18(12-30)26-20)11-29-6-7-33-13-21(29)31;1-27(22(31)26-19-9-18(34-8-7-32-2)16(10-23)11-24-19)20-4-3-15(17(13-29)25-20)12-28-5-6-33-14-21(28)30;1-25(19(29)24-16-6-14(20)13(7-21)8-22-16)17-3-2-12(15(10-27)23-17)9-26-4-5-30-11-18(26)28/h3-4,9,11,13H,5-8,12,14H2,1-2H3,(H2,24,25,27,32);4-5,8,10,12,14H,6-7,11,13H2,1-3H3,(H2,24,25,27,32);3-4,9,11,13H,5-8,12,14H2,1-2H3,(H,24,26,31);2-3,6,8,10H,4-5,9,11H2,1H3,(H,22,24,29). The van der Waals surface area contributed by atoms with Gasteiger partial charge in [-0.2, -0.15) is 21.0 Å². The first-order chi connectivity index (χ1) is 63.2. The number of nitrogens with one attached hydrogen (secondary N) is 6. The molecule has 4 saturated heterocycles. The van der Waals surface area contributed by atoms with Gasteiger partial charge in [0.25, 0.3) is 0 Å².